The molecule has 1 fully saturated rings. The topological polar surface area (TPSA) is 102 Å². The lowest BCUT2D eigenvalue weighted by Crippen LogP contribution is -2.57. The number of nitrogens with zero attached hydrogens (tertiary/aromatic N) is 1. The van der Waals surface area contributed by atoms with Crippen LogP contribution < -0.4 is 5.32 Å². The van der Waals surface area contributed by atoms with Crippen LogP contribution in [0.4, 0.5) is 0 Å². The number of amides is 2. The maximum absolute atomic E-state index is 12.9. The highest BCUT2D eigenvalue weighted by atomic mass is 16.5. The summed E-state index contributed by atoms with van der Waals surface area (Å²) in [7, 11) is 1.25. The Morgan fingerprint density at radius 1 is 1.26 bits per heavy atom. The first-order valence-electron chi connectivity index (χ1n) is 8.76. The lowest BCUT2D eigenvalue weighted by atomic mass is 10.0. The summed E-state index contributed by atoms with van der Waals surface area (Å²) in [5, 5.41) is 2.66. The number of piperazine rings is 1. The van der Waals surface area contributed by atoms with E-state index in [2.05, 4.69) is 10.1 Å². The molecule has 0 radical (unpaired) electrons. The van der Waals surface area contributed by atoms with E-state index in [9.17, 15) is 19.2 Å². The van der Waals surface area contributed by atoms with Gasteiger partial charge in [-0.3, -0.25) is 14.4 Å². The molecule has 1 aromatic carbocycles. The Kier molecular flexibility index (Phi) is 6.92. The maximum Gasteiger partial charge on any atom is 0.337 e. The third-order valence-electron chi connectivity index (χ3n) is 4.06. The highest BCUT2D eigenvalue weighted by Gasteiger charge is 2.35. The Balaban J connectivity index is 2.17. The summed E-state index contributed by atoms with van der Waals surface area (Å²) in [6.07, 6.45) is -0.221. The van der Waals surface area contributed by atoms with Crippen molar-refractivity contribution in [1.29, 1.82) is 0 Å². The number of hydrogen-bond acceptors (Lipinski definition) is 6. The van der Waals surface area contributed by atoms with Crippen LogP contribution in [0.5, 0.6) is 0 Å². The summed E-state index contributed by atoms with van der Waals surface area (Å²) in [6, 6.07) is 5.11. The Morgan fingerprint density at radius 3 is 2.63 bits per heavy atom. The second kappa shape index (κ2) is 9.16. The van der Waals surface area contributed by atoms with Crippen molar-refractivity contribution in [3.05, 3.63) is 35.4 Å². The molecular formula is C19H24N2O6. The average Bonchev–Trinajstić information content (AvgIpc) is 2.66. The molecular weight excluding hydrogens is 352 g/mol. The van der Waals surface area contributed by atoms with Crippen LogP contribution >= 0.6 is 0 Å². The van der Waals surface area contributed by atoms with Gasteiger partial charge in [-0.2, -0.15) is 0 Å². The van der Waals surface area contributed by atoms with Crippen LogP contribution in [0.3, 0.4) is 0 Å². The van der Waals surface area contributed by atoms with Crippen LogP contribution in [0.1, 0.15) is 41.0 Å². The van der Waals surface area contributed by atoms with Gasteiger partial charge < -0.3 is 19.7 Å². The van der Waals surface area contributed by atoms with E-state index in [-0.39, 0.29) is 36.6 Å². The monoisotopic (exact) mass is 376 g/mol. The van der Waals surface area contributed by atoms with Gasteiger partial charge in [0.25, 0.3) is 5.91 Å². The molecule has 0 saturated carbocycles. The van der Waals surface area contributed by atoms with Crippen molar-refractivity contribution in [1.82, 2.24) is 10.2 Å². The number of benzene rings is 1. The molecule has 27 heavy (non-hydrogen) atoms. The number of methoxy groups -OCH3 is 1. The number of esters is 2. The molecule has 1 atom stereocenters. The highest BCUT2D eigenvalue weighted by molar-refractivity contribution is 6.01. The minimum atomic E-state index is -0.951. The highest BCUT2D eigenvalue weighted by Crippen LogP contribution is 2.16. The third kappa shape index (κ3) is 5.29. The van der Waals surface area contributed by atoms with Gasteiger partial charge in [-0.15, -0.1) is 0 Å². The van der Waals surface area contributed by atoms with Gasteiger partial charge >= 0.3 is 11.9 Å². The Bertz CT molecular complexity index is 731. The van der Waals surface area contributed by atoms with Crippen molar-refractivity contribution in [2.75, 3.05) is 26.8 Å². The van der Waals surface area contributed by atoms with Gasteiger partial charge in [-0.05, 0) is 24.1 Å². The number of carbonyl (C=O) groups is 4. The third-order valence-corrected chi connectivity index (χ3v) is 4.06. The van der Waals surface area contributed by atoms with Gasteiger partial charge in [0.1, 0.15) is 6.04 Å². The largest absolute Gasteiger partial charge is 0.465 e. The predicted molar refractivity (Wildman–Crippen MR) is 96.0 cm³/mol. The van der Waals surface area contributed by atoms with Crippen LogP contribution in [0.2, 0.25) is 0 Å². The van der Waals surface area contributed by atoms with Crippen molar-refractivity contribution in [2.45, 2.75) is 26.3 Å². The van der Waals surface area contributed by atoms with E-state index in [1.807, 2.05) is 13.8 Å². The van der Waals surface area contributed by atoms with Crippen LogP contribution in [0.25, 0.3) is 0 Å². The zero-order valence-electron chi connectivity index (χ0n) is 15.7. The fourth-order valence-electron chi connectivity index (χ4n) is 2.70. The quantitative estimate of drug-likeness (QED) is 0.744. The van der Waals surface area contributed by atoms with E-state index in [1.165, 1.54) is 24.1 Å². The zero-order chi connectivity index (χ0) is 20.0. The van der Waals surface area contributed by atoms with Gasteiger partial charge in [-0.1, -0.05) is 19.9 Å². The van der Waals surface area contributed by atoms with Crippen LogP contribution in [-0.2, 0) is 19.1 Å². The molecule has 1 saturated heterocycles. The molecule has 146 valence electrons. The molecule has 8 nitrogen and oxygen atoms in total. The molecule has 0 bridgehead atoms. The first-order chi connectivity index (χ1) is 12.8. The molecule has 1 aliphatic rings. The van der Waals surface area contributed by atoms with Gasteiger partial charge in [0.05, 0.1) is 25.7 Å². The van der Waals surface area contributed by atoms with Crippen molar-refractivity contribution >= 4 is 23.8 Å². The number of carbonyl (C=O) groups excluding carboxylic acids is 4. The van der Waals surface area contributed by atoms with Crippen LogP contribution in [0.15, 0.2) is 24.3 Å². The molecule has 2 amide bonds. The van der Waals surface area contributed by atoms with Crippen LogP contribution in [0, 0.1) is 5.92 Å². The molecule has 1 aromatic rings. The molecule has 0 aromatic heterocycles. The van der Waals surface area contributed by atoms with Crippen molar-refractivity contribution in [3.8, 4) is 0 Å². The molecule has 2 rings (SSSR count). The van der Waals surface area contributed by atoms with E-state index in [0.717, 1.165) is 0 Å². The summed E-state index contributed by atoms with van der Waals surface area (Å²) in [5.41, 5.74) is 0.478. The number of hydrogen-bond donors (Lipinski definition) is 1. The van der Waals surface area contributed by atoms with E-state index in [4.69, 9.17) is 4.74 Å². The van der Waals surface area contributed by atoms with Gasteiger partial charge in [0, 0.05) is 18.7 Å². The lowest BCUT2D eigenvalue weighted by Gasteiger charge is -2.34. The fraction of sp³-hybridized carbons (Fsp3) is 0.474. The minimum Gasteiger partial charge on any atom is -0.465 e. The number of ether oxygens (including phenoxy) is 2. The molecule has 8 heteroatoms. The maximum atomic E-state index is 12.9. The second-order valence-corrected chi connectivity index (χ2v) is 6.66. The van der Waals surface area contributed by atoms with Crippen molar-refractivity contribution < 1.29 is 28.7 Å². The molecule has 0 spiro atoms. The molecule has 1 unspecified atom stereocenters. The van der Waals surface area contributed by atoms with Gasteiger partial charge in [0.15, 0.2) is 0 Å². The SMILES string of the molecule is COC(=O)c1cccc(C(=O)N2CCNC(=O)C2CC(=O)OCC(C)C)c1. The molecule has 1 heterocycles. The Hall–Kier alpha value is -2.90. The molecule has 1 aliphatic heterocycles. The molecule has 1 N–H and O–H groups in total. The predicted octanol–water partition coefficient (Wildman–Crippen LogP) is 1.00. The zero-order valence-corrected chi connectivity index (χ0v) is 15.7. The molecule has 0 aliphatic carbocycles. The minimum absolute atomic E-state index is 0.174. The summed E-state index contributed by atoms with van der Waals surface area (Å²) in [6.45, 7) is 4.62. The normalized spacial score (nSPS) is 16.7. The summed E-state index contributed by atoms with van der Waals surface area (Å²) >= 11 is 0. The standard InChI is InChI=1S/C19H24N2O6/c1-12(2)11-27-16(22)10-15-17(23)20-7-8-21(15)18(24)13-5-4-6-14(9-13)19(25)26-3/h4-6,9,12,15H,7-8,10-11H2,1-3H3,(H,20,23). The number of nitrogens with one attached hydrogen (secondary N) is 1. The van der Waals surface area contributed by atoms with E-state index >= 15 is 0 Å². The van der Waals surface area contributed by atoms with Crippen molar-refractivity contribution in [3.63, 3.8) is 0 Å². The first kappa shape index (κ1) is 20.4. The van der Waals surface area contributed by atoms with Gasteiger partial charge in [-0.25, -0.2) is 4.79 Å². The average molecular weight is 376 g/mol. The fourth-order valence-corrected chi connectivity index (χ4v) is 2.70. The smallest absolute Gasteiger partial charge is 0.337 e. The van der Waals surface area contributed by atoms with E-state index < -0.39 is 29.8 Å². The summed E-state index contributed by atoms with van der Waals surface area (Å²) in [4.78, 5) is 50.2. The van der Waals surface area contributed by atoms with E-state index in [0.29, 0.717) is 6.54 Å². The lowest BCUT2D eigenvalue weighted by molar-refractivity contribution is -0.148. The Labute approximate surface area is 157 Å². The second-order valence-electron chi connectivity index (χ2n) is 6.66. The van der Waals surface area contributed by atoms with Gasteiger partial charge in [0.2, 0.25) is 5.91 Å². The summed E-state index contributed by atoms with van der Waals surface area (Å²) in [5.74, 6) is -1.76. The Morgan fingerprint density at radius 2 is 1.96 bits per heavy atom. The number of rotatable bonds is 6. The van der Waals surface area contributed by atoms with E-state index in [1.54, 1.807) is 12.1 Å². The first-order valence-corrected chi connectivity index (χ1v) is 8.76. The van der Waals surface area contributed by atoms with Crippen LogP contribution in [-0.4, -0.2) is 61.5 Å². The van der Waals surface area contributed by atoms with Crippen molar-refractivity contribution in [2.24, 2.45) is 5.92 Å². The summed E-state index contributed by atoms with van der Waals surface area (Å²) < 4.78 is 9.80.